The zero-order chi connectivity index (χ0) is 19.8. The van der Waals surface area contributed by atoms with Crippen LogP contribution in [0, 0.1) is 12.7 Å². The minimum absolute atomic E-state index is 0. The number of nitrogens with one attached hydrogen (secondary N) is 1. The third kappa shape index (κ3) is 3.88. The molecule has 0 radical (unpaired) electrons. The summed E-state index contributed by atoms with van der Waals surface area (Å²) in [6, 6.07) is 13.5. The molecule has 1 atom stereocenters. The van der Waals surface area contributed by atoms with Gasteiger partial charge in [0.1, 0.15) is 12.1 Å². The summed E-state index contributed by atoms with van der Waals surface area (Å²) in [5.41, 5.74) is 4.17. The summed E-state index contributed by atoms with van der Waals surface area (Å²) < 4.78 is 20.4. The summed E-state index contributed by atoms with van der Waals surface area (Å²) in [4.78, 5) is 6.87. The zero-order valence-corrected chi connectivity index (χ0v) is 16.4. The lowest BCUT2D eigenvalue weighted by Crippen LogP contribution is -2.47. The third-order valence-electron chi connectivity index (χ3n) is 5.75. The Balaban J connectivity index is 0.00000218. The van der Waals surface area contributed by atoms with E-state index in [2.05, 4.69) is 45.4 Å². The third-order valence-corrected chi connectivity index (χ3v) is 5.75. The molecule has 2 aliphatic rings. The molecule has 1 aromatic heterocycles. The molecular formula is C22H26FN5O. The van der Waals surface area contributed by atoms with Gasteiger partial charge in [-0.3, -0.25) is 4.90 Å². The molecule has 5 rings (SSSR count). The average molecular weight is 395 g/mol. The Hall–Kier alpha value is -2.77. The van der Waals surface area contributed by atoms with Crippen LogP contribution in [0.2, 0.25) is 0 Å². The average Bonchev–Trinajstić information content (AvgIpc) is 3.30. The number of hydrogen-bond acceptors (Lipinski definition) is 5. The van der Waals surface area contributed by atoms with Gasteiger partial charge in [0.25, 0.3) is 0 Å². The standard InChI is InChI=1S/C22H24FN5O.H2/c1-15-7-17(16-5-6-27(11-16)21-12-29-13-21)9-19(8-15)25-22-24-14-28(26-22)20-4-2-3-18(23)10-20;/h2-4,7-10,14,16,21H,5-6,11-13H2,1H3,(H,25,26);1H. The minimum atomic E-state index is -0.296. The molecule has 0 amide bonds. The highest BCUT2D eigenvalue weighted by Crippen LogP contribution is 2.32. The molecule has 3 heterocycles. The van der Waals surface area contributed by atoms with Crippen molar-refractivity contribution in [2.75, 3.05) is 31.6 Å². The molecule has 1 N–H and O–H groups in total. The van der Waals surface area contributed by atoms with Gasteiger partial charge >= 0.3 is 0 Å². The smallest absolute Gasteiger partial charge is 0.246 e. The molecule has 2 saturated heterocycles. The molecule has 2 aromatic carbocycles. The van der Waals surface area contributed by atoms with Crippen LogP contribution in [-0.4, -0.2) is 52.0 Å². The van der Waals surface area contributed by atoms with E-state index >= 15 is 0 Å². The predicted molar refractivity (Wildman–Crippen MR) is 111 cm³/mol. The Morgan fingerprint density at radius 3 is 2.90 bits per heavy atom. The summed E-state index contributed by atoms with van der Waals surface area (Å²) in [5, 5.41) is 7.73. The van der Waals surface area contributed by atoms with Crippen molar-refractivity contribution in [3.05, 3.63) is 65.7 Å². The lowest BCUT2D eigenvalue weighted by molar-refractivity contribution is -0.0573. The van der Waals surface area contributed by atoms with E-state index in [9.17, 15) is 4.39 Å². The zero-order valence-electron chi connectivity index (χ0n) is 16.4. The summed E-state index contributed by atoms with van der Waals surface area (Å²) in [7, 11) is 0. The normalized spacial score (nSPS) is 20.0. The Morgan fingerprint density at radius 1 is 1.21 bits per heavy atom. The fourth-order valence-corrected chi connectivity index (χ4v) is 4.14. The van der Waals surface area contributed by atoms with E-state index in [0.717, 1.165) is 32.0 Å². The van der Waals surface area contributed by atoms with Crippen molar-refractivity contribution in [3.8, 4) is 5.69 Å². The number of rotatable bonds is 5. The highest BCUT2D eigenvalue weighted by Gasteiger charge is 2.33. The van der Waals surface area contributed by atoms with Gasteiger partial charge in [-0.25, -0.2) is 9.07 Å². The van der Waals surface area contributed by atoms with Gasteiger partial charge in [0, 0.05) is 13.7 Å². The van der Waals surface area contributed by atoms with Crippen LogP contribution >= 0.6 is 0 Å². The minimum Gasteiger partial charge on any atom is -0.378 e. The first-order valence-electron chi connectivity index (χ1n) is 10.0. The van der Waals surface area contributed by atoms with E-state index in [-0.39, 0.29) is 7.24 Å². The van der Waals surface area contributed by atoms with Crippen LogP contribution < -0.4 is 5.32 Å². The maximum Gasteiger partial charge on any atom is 0.246 e. The quantitative estimate of drug-likeness (QED) is 0.710. The fraction of sp³-hybridized carbons (Fsp3) is 0.364. The van der Waals surface area contributed by atoms with Gasteiger partial charge in [0.2, 0.25) is 5.95 Å². The number of likely N-dealkylation sites (tertiary alicyclic amines) is 1. The number of hydrogen-bond donors (Lipinski definition) is 1. The molecule has 7 heteroatoms. The van der Waals surface area contributed by atoms with E-state index < -0.39 is 0 Å². The first-order chi connectivity index (χ1) is 14.1. The second-order valence-corrected chi connectivity index (χ2v) is 7.92. The molecule has 0 saturated carbocycles. The first kappa shape index (κ1) is 18.3. The van der Waals surface area contributed by atoms with E-state index in [1.54, 1.807) is 23.1 Å². The Kier molecular flexibility index (Phi) is 4.77. The Morgan fingerprint density at radius 2 is 2.10 bits per heavy atom. The van der Waals surface area contributed by atoms with Crippen LogP contribution in [0.15, 0.2) is 48.8 Å². The van der Waals surface area contributed by atoms with E-state index in [4.69, 9.17) is 4.74 Å². The second-order valence-electron chi connectivity index (χ2n) is 7.92. The summed E-state index contributed by atoms with van der Waals surface area (Å²) in [6.07, 6.45) is 2.76. The largest absolute Gasteiger partial charge is 0.378 e. The molecular weight excluding hydrogens is 369 g/mol. The number of ether oxygens (including phenoxy) is 1. The number of aromatic nitrogens is 3. The van der Waals surface area contributed by atoms with Crippen molar-refractivity contribution in [2.45, 2.75) is 25.3 Å². The lowest BCUT2D eigenvalue weighted by Gasteiger charge is -2.34. The number of benzene rings is 2. The topological polar surface area (TPSA) is 55.2 Å². The van der Waals surface area contributed by atoms with Crippen molar-refractivity contribution >= 4 is 11.6 Å². The summed E-state index contributed by atoms with van der Waals surface area (Å²) in [5.74, 6) is 0.731. The van der Waals surface area contributed by atoms with Crippen molar-refractivity contribution in [3.63, 3.8) is 0 Å². The monoisotopic (exact) mass is 395 g/mol. The highest BCUT2D eigenvalue weighted by atomic mass is 19.1. The molecule has 0 spiro atoms. The molecule has 2 fully saturated rings. The Labute approximate surface area is 170 Å². The lowest BCUT2D eigenvalue weighted by atomic mass is 9.96. The molecule has 0 aliphatic carbocycles. The summed E-state index contributed by atoms with van der Waals surface area (Å²) >= 11 is 0. The maximum absolute atomic E-state index is 13.5. The van der Waals surface area contributed by atoms with Crippen molar-refractivity contribution in [1.82, 2.24) is 19.7 Å². The Bertz CT molecular complexity index is 1020. The number of anilines is 2. The van der Waals surface area contributed by atoms with Crippen LogP contribution in [0.25, 0.3) is 5.69 Å². The first-order valence-corrected chi connectivity index (χ1v) is 10.0. The highest BCUT2D eigenvalue weighted by molar-refractivity contribution is 5.56. The van der Waals surface area contributed by atoms with Crippen LogP contribution in [0.3, 0.4) is 0 Å². The van der Waals surface area contributed by atoms with E-state index in [0.29, 0.717) is 23.6 Å². The van der Waals surface area contributed by atoms with Gasteiger partial charge in [-0.2, -0.15) is 4.98 Å². The molecule has 0 bridgehead atoms. The van der Waals surface area contributed by atoms with E-state index in [1.807, 2.05) is 0 Å². The van der Waals surface area contributed by atoms with Gasteiger partial charge in [-0.15, -0.1) is 5.10 Å². The van der Waals surface area contributed by atoms with Crippen molar-refractivity contribution in [2.24, 2.45) is 0 Å². The molecule has 29 heavy (non-hydrogen) atoms. The number of halogens is 1. The fourth-order valence-electron chi connectivity index (χ4n) is 4.14. The van der Waals surface area contributed by atoms with Gasteiger partial charge in [-0.05, 0) is 67.3 Å². The molecule has 152 valence electrons. The van der Waals surface area contributed by atoms with Crippen LogP contribution in [0.5, 0.6) is 0 Å². The van der Waals surface area contributed by atoms with Gasteiger partial charge in [0.15, 0.2) is 0 Å². The SMILES string of the molecule is Cc1cc(Nc2ncn(-c3cccc(F)c3)n2)cc(C2CCN(C3COC3)C2)c1.[HH]. The van der Waals surface area contributed by atoms with Crippen LogP contribution in [0.4, 0.5) is 16.0 Å². The molecule has 1 unspecified atom stereocenters. The number of nitrogens with zero attached hydrogens (tertiary/aromatic N) is 4. The number of aryl methyl sites for hydroxylation is 1. The van der Waals surface area contributed by atoms with Crippen LogP contribution in [-0.2, 0) is 4.74 Å². The van der Waals surface area contributed by atoms with Crippen molar-refractivity contribution in [1.29, 1.82) is 0 Å². The molecule has 2 aliphatic heterocycles. The van der Waals surface area contributed by atoms with Gasteiger partial charge in [-0.1, -0.05) is 12.1 Å². The van der Waals surface area contributed by atoms with Gasteiger partial charge < -0.3 is 10.1 Å². The predicted octanol–water partition coefficient (Wildman–Crippen LogP) is 3.89. The second kappa shape index (κ2) is 7.57. The van der Waals surface area contributed by atoms with E-state index in [1.165, 1.54) is 29.7 Å². The molecule has 6 nitrogen and oxygen atoms in total. The van der Waals surface area contributed by atoms with Crippen molar-refractivity contribution < 1.29 is 10.6 Å². The maximum atomic E-state index is 13.5. The molecule has 3 aromatic rings. The summed E-state index contributed by atoms with van der Waals surface area (Å²) in [6.45, 7) is 6.07. The van der Waals surface area contributed by atoms with Gasteiger partial charge in [0.05, 0.1) is 24.9 Å². The van der Waals surface area contributed by atoms with Crippen LogP contribution in [0.1, 0.15) is 24.9 Å².